The highest BCUT2D eigenvalue weighted by Gasteiger charge is 2.22. The number of benzene rings is 3. The number of halogens is 1. The van der Waals surface area contributed by atoms with Crippen molar-refractivity contribution >= 4 is 35.0 Å². The molecule has 0 saturated heterocycles. The zero-order valence-corrected chi connectivity index (χ0v) is 17.3. The second kappa shape index (κ2) is 9.67. The number of carbonyl (C=O) groups is 1. The minimum Gasteiger partial charge on any atom is -0.497 e. The summed E-state index contributed by atoms with van der Waals surface area (Å²) in [4.78, 5) is 12.7. The first-order chi connectivity index (χ1) is 13.6. The molecule has 0 aliphatic heterocycles. The van der Waals surface area contributed by atoms with Crippen LogP contribution in [0.15, 0.2) is 78.9 Å². The first kappa shape index (κ1) is 20.3. The van der Waals surface area contributed by atoms with Crippen LogP contribution in [0.4, 0.5) is 5.69 Å². The predicted octanol–water partition coefficient (Wildman–Crippen LogP) is 6.20. The van der Waals surface area contributed by atoms with Crippen LogP contribution in [0.25, 0.3) is 0 Å². The van der Waals surface area contributed by atoms with E-state index in [2.05, 4.69) is 17.4 Å². The Morgan fingerprint density at radius 2 is 1.54 bits per heavy atom. The van der Waals surface area contributed by atoms with Crippen LogP contribution < -0.4 is 10.1 Å². The van der Waals surface area contributed by atoms with Gasteiger partial charge in [0.05, 0.1) is 17.6 Å². The predicted molar refractivity (Wildman–Crippen MR) is 118 cm³/mol. The molecule has 0 fully saturated rings. The fourth-order valence-corrected chi connectivity index (χ4v) is 4.14. The number of methoxy groups -OCH3 is 1. The molecule has 3 nitrogen and oxygen atoms in total. The Labute approximate surface area is 175 Å². The van der Waals surface area contributed by atoms with Crippen molar-refractivity contribution in [3.63, 3.8) is 0 Å². The number of anilines is 1. The normalized spacial score (nSPS) is 12.8. The lowest BCUT2D eigenvalue weighted by Gasteiger charge is -2.22. The van der Waals surface area contributed by atoms with Crippen LogP contribution in [0.3, 0.4) is 0 Å². The zero-order chi connectivity index (χ0) is 19.9. The number of rotatable bonds is 7. The minimum atomic E-state index is -0.247. The maximum absolute atomic E-state index is 12.7. The molecule has 3 rings (SSSR count). The van der Waals surface area contributed by atoms with Gasteiger partial charge in [-0.25, -0.2) is 0 Å². The van der Waals surface area contributed by atoms with E-state index in [9.17, 15) is 4.79 Å². The van der Waals surface area contributed by atoms with Gasteiger partial charge >= 0.3 is 0 Å². The van der Waals surface area contributed by atoms with Gasteiger partial charge in [0.25, 0.3) is 0 Å². The molecule has 0 aliphatic rings. The highest BCUT2D eigenvalue weighted by molar-refractivity contribution is 8.01. The van der Waals surface area contributed by atoms with Crippen molar-refractivity contribution in [1.82, 2.24) is 0 Å². The first-order valence-corrected chi connectivity index (χ1v) is 10.3. The summed E-state index contributed by atoms with van der Waals surface area (Å²) < 4.78 is 5.15. The molecule has 1 amide bonds. The van der Waals surface area contributed by atoms with Gasteiger partial charge < -0.3 is 10.1 Å². The number of thioether (sulfide) groups is 1. The molecule has 0 aromatic heterocycles. The zero-order valence-electron chi connectivity index (χ0n) is 15.8. The fourth-order valence-electron chi connectivity index (χ4n) is 2.80. The lowest BCUT2D eigenvalue weighted by molar-refractivity contribution is -0.115. The molecule has 0 radical (unpaired) electrons. The third-order valence-corrected chi connectivity index (χ3v) is 6.03. The second-order valence-corrected chi connectivity index (χ2v) is 8.23. The smallest absolute Gasteiger partial charge is 0.237 e. The van der Waals surface area contributed by atoms with Gasteiger partial charge in [-0.15, -0.1) is 11.8 Å². The van der Waals surface area contributed by atoms with Gasteiger partial charge in [-0.2, -0.15) is 0 Å². The van der Waals surface area contributed by atoms with Crippen molar-refractivity contribution in [2.75, 3.05) is 12.4 Å². The third kappa shape index (κ3) is 5.31. The molecule has 2 atom stereocenters. The van der Waals surface area contributed by atoms with Crippen molar-refractivity contribution in [2.45, 2.75) is 17.4 Å². The lowest BCUT2D eigenvalue weighted by Crippen LogP contribution is -2.23. The maximum Gasteiger partial charge on any atom is 0.237 e. The third-order valence-electron chi connectivity index (χ3n) is 4.34. The van der Waals surface area contributed by atoms with E-state index in [-0.39, 0.29) is 16.4 Å². The maximum atomic E-state index is 12.7. The van der Waals surface area contributed by atoms with E-state index in [1.165, 1.54) is 0 Å². The van der Waals surface area contributed by atoms with E-state index in [4.69, 9.17) is 16.3 Å². The van der Waals surface area contributed by atoms with Crippen molar-refractivity contribution in [2.24, 2.45) is 0 Å². The average Bonchev–Trinajstić information content (AvgIpc) is 2.73. The number of hydrogen-bond donors (Lipinski definition) is 1. The summed E-state index contributed by atoms with van der Waals surface area (Å²) >= 11 is 7.66. The van der Waals surface area contributed by atoms with Crippen LogP contribution in [0.5, 0.6) is 5.75 Å². The molecule has 5 heteroatoms. The summed E-state index contributed by atoms with van der Waals surface area (Å²) in [7, 11) is 1.62. The Morgan fingerprint density at radius 3 is 2.14 bits per heavy atom. The van der Waals surface area contributed by atoms with Gasteiger partial charge in [0, 0.05) is 10.7 Å². The summed E-state index contributed by atoms with van der Waals surface area (Å²) in [5.41, 5.74) is 3.02. The molecule has 0 aliphatic carbocycles. The van der Waals surface area contributed by atoms with Crippen LogP contribution >= 0.6 is 23.4 Å². The van der Waals surface area contributed by atoms with Crippen LogP contribution in [-0.4, -0.2) is 18.3 Å². The Kier molecular flexibility index (Phi) is 7.01. The second-order valence-electron chi connectivity index (χ2n) is 6.34. The topological polar surface area (TPSA) is 38.3 Å². The van der Waals surface area contributed by atoms with E-state index in [0.29, 0.717) is 5.02 Å². The number of hydrogen-bond acceptors (Lipinski definition) is 3. The molecule has 0 bridgehead atoms. The molecule has 0 heterocycles. The largest absolute Gasteiger partial charge is 0.497 e. The summed E-state index contributed by atoms with van der Waals surface area (Å²) in [5, 5.41) is 3.46. The van der Waals surface area contributed by atoms with Crippen molar-refractivity contribution in [3.05, 3.63) is 95.0 Å². The monoisotopic (exact) mass is 411 g/mol. The molecule has 0 unspecified atom stereocenters. The first-order valence-electron chi connectivity index (χ1n) is 8.97. The van der Waals surface area contributed by atoms with Gasteiger partial charge in [0.1, 0.15) is 5.75 Å². The highest BCUT2D eigenvalue weighted by atomic mass is 35.5. The van der Waals surface area contributed by atoms with Gasteiger partial charge in [-0.3, -0.25) is 4.79 Å². The van der Waals surface area contributed by atoms with E-state index < -0.39 is 0 Å². The Hall–Kier alpha value is -2.43. The minimum absolute atomic E-state index is 0.0370. The average molecular weight is 412 g/mol. The van der Waals surface area contributed by atoms with Crippen LogP contribution in [0.2, 0.25) is 5.02 Å². The molecular weight excluding hydrogens is 390 g/mol. The van der Waals surface area contributed by atoms with E-state index in [1.54, 1.807) is 18.9 Å². The van der Waals surface area contributed by atoms with E-state index in [0.717, 1.165) is 22.6 Å². The molecular formula is C23H22ClNO2S. The Balaban J connectivity index is 1.75. The quantitative estimate of drug-likeness (QED) is 0.503. The molecule has 0 saturated carbocycles. The summed E-state index contributed by atoms with van der Waals surface area (Å²) in [6, 6.07) is 25.3. The molecule has 0 spiro atoms. The molecule has 3 aromatic rings. The van der Waals surface area contributed by atoms with Crippen LogP contribution in [-0.2, 0) is 4.79 Å². The standard InChI is InChI=1S/C23H22ClNO2S/c1-16(23(26)25-20-12-14-21(27-2)15-13-20)28-22(17-6-4-3-5-7-17)18-8-10-19(24)11-9-18/h3-16,22H,1-2H3,(H,25,26)/t16-,22-/m0/s1. The molecule has 1 N–H and O–H groups in total. The van der Waals surface area contributed by atoms with Crippen LogP contribution in [0, 0.1) is 0 Å². The van der Waals surface area contributed by atoms with Crippen molar-refractivity contribution in [3.8, 4) is 5.75 Å². The highest BCUT2D eigenvalue weighted by Crippen LogP contribution is 2.38. The van der Waals surface area contributed by atoms with Crippen LogP contribution in [0.1, 0.15) is 23.3 Å². The summed E-state index contributed by atoms with van der Waals surface area (Å²) in [5.74, 6) is 0.720. The van der Waals surface area contributed by atoms with E-state index in [1.807, 2.05) is 73.7 Å². The number of ether oxygens (including phenoxy) is 1. The number of carbonyl (C=O) groups excluding carboxylic acids is 1. The van der Waals surface area contributed by atoms with Gasteiger partial charge in [-0.05, 0) is 54.4 Å². The Morgan fingerprint density at radius 1 is 0.929 bits per heavy atom. The SMILES string of the molecule is COc1ccc(NC(=O)[C@H](C)S[C@@H](c2ccccc2)c2ccc(Cl)cc2)cc1. The van der Waals surface area contributed by atoms with Crippen molar-refractivity contribution < 1.29 is 9.53 Å². The van der Waals surface area contributed by atoms with Crippen molar-refractivity contribution in [1.29, 1.82) is 0 Å². The molecule has 3 aromatic carbocycles. The number of nitrogens with one attached hydrogen (secondary N) is 1. The van der Waals surface area contributed by atoms with Gasteiger partial charge in [-0.1, -0.05) is 54.1 Å². The van der Waals surface area contributed by atoms with Gasteiger partial charge in [0.15, 0.2) is 0 Å². The molecule has 28 heavy (non-hydrogen) atoms. The van der Waals surface area contributed by atoms with Gasteiger partial charge in [0.2, 0.25) is 5.91 Å². The lowest BCUT2D eigenvalue weighted by atomic mass is 10.0. The number of amides is 1. The summed E-state index contributed by atoms with van der Waals surface area (Å²) in [6.45, 7) is 1.93. The Bertz CT molecular complexity index is 898. The fraction of sp³-hybridized carbons (Fsp3) is 0.174. The molecule has 144 valence electrons. The van der Waals surface area contributed by atoms with E-state index >= 15 is 0 Å². The summed E-state index contributed by atoms with van der Waals surface area (Å²) in [6.07, 6.45) is 0.